The van der Waals surface area contributed by atoms with Gasteiger partial charge in [0.1, 0.15) is 5.82 Å². The van der Waals surface area contributed by atoms with Crippen molar-refractivity contribution in [2.45, 2.75) is 26.3 Å². The average Bonchev–Trinajstić information content (AvgIpc) is 2.65. The molecule has 5 nitrogen and oxygen atoms in total. The van der Waals surface area contributed by atoms with E-state index in [0.29, 0.717) is 5.69 Å². The third kappa shape index (κ3) is 2.67. The Hall–Kier alpha value is -1.78. The van der Waals surface area contributed by atoms with Crippen LogP contribution in [0.4, 0.5) is 11.5 Å². The second-order valence-corrected chi connectivity index (χ2v) is 4.54. The maximum atomic E-state index is 11.0. The van der Waals surface area contributed by atoms with Crippen LogP contribution in [0.3, 0.4) is 0 Å². The van der Waals surface area contributed by atoms with Crippen LogP contribution in [-0.4, -0.2) is 30.0 Å². The summed E-state index contributed by atoms with van der Waals surface area (Å²) in [5.74, 6) is 0.992. The maximum absolute atomic E-state index is 11.0. The lowest BCUT2D eigenvalue weighted by molar-refractivity contribution is -0.119. The molecule has 2 heterocycles. The van der Waals surface area contributed by atoms with E-state index in [0.717, 1.165) is 30.9 Å². The molecule has 17 heavy (non-hydrogen) atoms. The lowest BCUT2D eigenvalue weighted by Crippen LogP contribution is -2.35. The number of carbonyl (C=O) groups is 1. The molecule has 5 heteroatoms. The van der Waals surface area contributed by atoms with Crippen molar-refractivity contribution in [3.63, 3.8) is 0 Å². The molecule has 1 unspecified atom stereocenters. The number of aryl methyl sites for hydroxylation is 1. The summed E-state index contributed by atoms with van der Waals surface area (Å²) in [4.78, 5) is 17.5. The Morgan fingerprint density at radius 3 is 3.06 bits per heavy atom. The van der Waals surface area contributed by atoms with Crippen molar-refractivity contribution in [2.75, 3.05) is 23.7 Å². The van der Waals surface area contributed by atoms with Gasteiger partial charge >= 0.3 is 0 Å². The maximum Gasteiger partial charge on any atom is 0.217 e. The molecule has 0 saturated carbocycles. The minimum atomic E-state index is 0.0267. The fourth-order valence-electron chi connectivity index (χ4n) is 2.28. The van der Waals surface area contributed by atoms with Crippen LogP contribution in [0.5, 0.6) is 0 Å². The van der Waals surface area contributed by atoms with Crippen LogP contribution in [0.2, 0.25) is 0 Å². The molecule has 0 radical (unpaired) electrons. The SMILES string of the molecule is CC(=O)NC1CCN(c2ncc(N)cc2C)C1. The van der Waals surface area contributed by atoms with Crippen molar-refractivity contribution in [2.24, 2.45) is 0 Å². The number of nitrogens with zero attached hydrogens (tertiary/aromatic N) is 2. The van der Waals surface area contributed by atoms with Crippen LogP contribution in [0.1, 0.15) is 18.9 Å². The summed E-state index contributed by atoms with van der Waals surface area (Å²) >= 11 is 0. The number of anilines is 2. The Bertz CT molecular complexity index is 433. The van der Waals surface area contributed by atoms with Gasteiger partial charge < -0.3 is 16.0 Å². The van der Waals surface area contributed by atoms with E-state index in [1.165, 1.54) is 0 Å². The van der Waals surface area contributed by atoms with Gasteiger partial charge in [0.25, 0.3) is 0 Å². The van der Waals surface area contributed by atoms with Crippen LogP contribution in [0.25, 0.3) is 0 Å². The number of pyridine rings is 1. The van der Waals surface area contributed by atoms with Crippen molar-refractivity contribution in [3.8, 4) is 0 Å². The lowest BCUT2D eigenvalue weighted by atomic mass is 10.2. The lowest BCUT2D eigenvalue weighted by Gasteiger charge is -2.19. The van der Waals surface area contributed by atoms with E-state index in [2.05, 4.69) is 15.2 Å². The van der Waals surface area contributed by atoms with Crippen LogP contribution in [0.15, 0.2) is 12.3 Å². The van der Waals surface area contributed by atoms with Gasteiger partial charge in [-0.15, -0.1) is 0 Å². The second-order valence-electron chi connectivity index (χ2n) is 4.54. The fraction of sp³-hybridized carbons (Fsp3) is 0.500. The Balaban J connectivity index is 2.07. The zero-order chi connectivity index (χ0) is 12.4. The van der Waals surface area contributed by atoms with Crippen LogP contribution >= 0.6 is 0 Å². The number of hydrogen-bond acceptors (Lipinski definition) is 4. The van der Waals surface area contributed by atoms with Gasteiger partial charge in [-0.05, 0) is 25.0 Å². The fourth-order valence-corrected chi connectivity index (χ4v) is 2.28. The quantitative estimate of drug-likeness (QED) is 0.789. The van der Waals surface area contributed by atoms with E-state index in [4.69, 9.17) is 5.73 Å². The van der Waals surface area contributed by atoms with Crippen LogP contribution in [0, 0.1) is 6.92 Å². The summed E-state index contributed by atoms with van der Waals surface area (Å²) in [7, 11) is 0. The highest BCUT2D eigenvalue weighted by Crippen LogP contribution is 2.23. The van der Waals surface area contributed by atoms with E-state index in [1.807, 2.05) is 13.0 Å². The monoisotopic (exact) mass is 234 g/mol. The number of rotatable bonds is 2. The van der Waals surface area contributed by atoms with Gasteiger partial charge in [0.15, 0.2) is 0 Å². The standard InChI is InChI=1S/C12H18N4O/c1-8-5-10(13)6-14-12(8)16-4-3-11(7-16)15-9(2)17/h5-6,11H,3-4,7,13H2,1-2H3,(H,15,17). The van der Waals surface area contributed by atoms with Gasteiger partial charge in [0.2, 0.25) is 5.91 Å². The molecule has 1 fully saturated rings. The van der Waals surface area contributed by atoms with Gasteiger partial charge in [0.05, 0.1) is 11.9 Å². The van der Waals surface area contributed by atoms with E-state index in [1.54, 1.807) is 13.1 Å². The largest absolute Gasteiger partial charge is 0.397 e. The third-order valence-corrected chi connectivity index (χ3v) is 2.97. The number of nitrogen functional groups attached to an aromatic ring is 1. The first-order valence-electron chi connectivity index (χ1n) is 5.80. The minimum absolute atomic E-state index is 0.0267. The predicted octanol–water partition coefficient (Wildman–Crippen LogP) is 0.687. The van der Waals surface area contributed by atoms with Crippen LogP contribution < -0.4 is 16.0 Å². The van der Waals surface area contributed by atoms with Gasteiger partial charge in [-0.2, -0.15) is 0 Å². The van der Waals surface area contributed by atoms with Crippen molar-refractivity contribution in [3.05, 3.63) is 17.8 Å². The summed E-state index contributed by atoms with van der Waals surface area (Å²) < 4.78 is 0. The average molecular weight is 234 g/mol. The van der Waals surface area contributed by atoms with Crippen molar-refractivity contribution in [1.29, 1.82) is 0 Å². The first-order chi connectivity index (χ1) is 8.06. The number of hydrogen-bond donors (Lipinski definition) is 2. The molecule has 3 N–H and O–H groups in total. The van der Waals surface area contributed by atoms with Crippen LogP contribution in [-0.2, 0) is 4.79 Å². The molecule has 1 aliphatic rings. The van der Waals surface area contributed by atoms with E-state index in [-0.39, 0.29) is 11.9 Å². The van der Waals surface area contributed by atoms with E-state index >= 15 is 0 Å². The highest BCUT2D eigenvalue weighted by Gasteiger charge is 2.24. The summed E-state index contributed by atoms with van der Waals surface area (Å²) in [5, 5.41) is 2.94. The number of nitrogens with one attached hydrogen (secondary N) is 1. The molecule has 1 aromatic heterocycles. The summed E-state index contributed by atoms with van der Waals surface area (Å²) in [5.41, 5.74) is 7.44. The molecule has 1 atom stereocenters. The van der Waals surface area contributed by atoms with E-state index < -0.39 is 0 Å². The molecule has 0 bridgehead atoms. The molecule has 1 aromatic rings. The number of amides is 1. The Labute approximate surface area is 101 Å². The Morgan fingerprint density at radius 2 is 2.41 bits per heavy atom. The molecule has 92 valence electrons. The van der Waals surface area contributed by atoms with Crippen molar-refractivity contribution in [1.82, 2.24) is 10.3 Å². The summed E-state index contributed by atoms with van der Waals surface area (Å²) in [6.45, 7) is 5.29. The zero-order valence-electron chi connectivity index (χ0n) is 10.2. The Kier molecular flexibility index (Phi) is 3.17. The Morgan fingerprint density at radius 1 is 1.65 bits per heavy atom. The highest BCUT2D eigenvalue weighted by atomic mass is 16.1. The number of aromatic nitrogens is 1. The van der Waals surface area contributed by atoms with Gasteiger partial charge in [-0.3, -0.25) is 4.79 Å². The topological polar surface area (TPSA) is 71.2 Å². The molecule has 0 aromatic carbocycles. The minimum Gasteiger partial charge on any atom is -0.397 e. The molecular weight excluding hydrogens is 216 g/mol. The molecule has 2 rings (SSSR count). The number of carbonyl (C=O) groups excluding carboxylic acids is 1. The summed E-state index contributed by atoms with van der Waals surface area (Å²) in [6, 6.07) is 2.15. The normalized spacial score (nSPS) is 19.4. The van der Waals surface area contributed by atoms with Crippen molar-refractivity contribution >= 4 is 17.4 Å². The molecule has 1 saturated heterocycles. The highest BCUT2D eigenvalue weighted by molar-refractivity contribution is 5.73. The van der Waals surface area contributed by atoms with Crippen molar-refractivity contribution < 1.29 is 4.79 Å². The van der Waals surface area contributed by atoms with Gasteiger partial charge in [-0.25, -0.2) is 4.98 Å². The molecule has 0 aliphatic carbocycles. The first kappa shape index (κ1) is 11.7. The first-order valence-corrected chi connectivity index (χ1v) is 5.80. The molecular formula is C12H18N4O. The molecule has 1 amide bonds. The predicted molar refractivity (Wildman–Crippen MR) is 67.8 cm³/mol. The van der Waals surface area contributed by atoms with E-state index in [9.17, 15) is 4.79 Å². The molecule has 0 spiro atoms. The third-order valence-electron chi connectivity index (χ3n) is 2.97. The smallest absolute Gasteiger partial charge is 0.217 e. The number of nitrogens with two attached hydrogens (primary N) is 1. The second kappa shape index (κ2) is 4.61. The zero-order valence-corrected chi connectivity index (χ0v) is 10.2. The molecule has 1 aliphatic heterocycles. The summed E-state index contributed by atoms with van der Waals surface area (Å²) in [6.07, 6.45) is 2.64. The van der Waals surface area contributed by atoms with Gasteiger partial charge in [-0.1, -0.05) is 0 Å². The van der Waals surface area contributed by atoms with Gasteiger partial charge in [0, 0.05) is 26.1 Å².